The van der Waals surface area contributed by atoms with Gasteiger partial charge in [-0.3, -0.25) is 10.1 Å². The lowest BCUT2D eigenvalue weighted by atomic mass is 10.2. The third-order valence-corrected chi connectivity index (χ3v) is 3.91. The van der Waals surface area contributed by atoms with Crippen molar-refractivity contribution >= 4 is 34.0 Å². The van der Waals surface area contributed by atoms with Gasteiger partial charge in [-0.25, -0.2) is 4.98 Å². The van der Waals surface area contributed by atoms with Crippen LogP contribution in [0.1, 0.15) is 20.9 Å². The highest BCUT2D eigenvalue weighted by Crippen LogP contribution is 2.26. The normalized spacial score (nSPS) is 13.4. The molecule has 0 radical (unpaired) electrons. The molecule has 0 spiro atoms. The summed E-state index contributed by atoms with van der Waals surface area (Å²) in [6.45, 7) is 1.61. The summed E-state index contributed by atoms with van der Waals surface area (Å²) in [7, 11) is 0. The molecule has 3 rings (SSSR count). The van der Waals surface area contributed by atoms with Gasteiger partial charge in [0.1, 0.15) is 0 Å². The highest BCUT2D eigenvalue weighted by Gasteiger charge is 2.17. The van der Waals surface area contributed by atoms with Crippen LogP contribution in [0.3, 0.4) is 0 Å². The monoisotopic (exact) mass is 279 g/mol. The van der Waals surface area contributed by atoms with Crippen LogP contribution in [0.5, 0.6) is 0 Å². The van der Waals surface area contributed by atoms with E-state index in [0.717, 1.165) is 18.8 Å². The van der Waals surface area contributed by atoms with Gasteiger partial charge in [0.15, 0.2) is 5.13 Å². The minimum atomic E-state index is -0.183. The molecule has 0 saturated heterocycles. The summed E-state index contributed by atoms with van der Waals surface area (Å²) >= 11 is 7.36. The zero-order chi connectivity index (χ0) is 12.5. The van der Waals surface area contributed by atoms with Gasteiger partial charge in [0.2, 0.25) is 0 Å². The van der Waals surface area contributed by atoms with E-state index in [1.807, 2.05) is 0 Å². The number of rotatable bonds is 2. The summed E-state index contributed by atoms with van der Waals surface area (Å²) in [6.07, 6.45) is 0. The van der Waals surface area contributed by atoms with Crippen molar-refractivity contribution in [3.8, 4) is 0 Å². The first kappa shape index (κ1) is 11.6. The van der Waals surface area contributed by atoms with Crippen LogP contribution in [0.25, 0.3) is 0 Å². The molecule has 1 aromatic heterocycles. The fraction of sp³-hybridized carbons (Fsp3) is 0.167. The fourth-order valence-corrected chi connectivity index (χ4v) is 2.94. The third kappa shape index (κ3) is 2.25. The quantitative estimate of drug-likeness (QED) is 0.889. The molecule has 1 amide bonds. The van der Waals surface area contributed by atoms with E-state index in [9.17, 15) is 4.79 Å². The van der Waals surface area contributed by atoms with Crippen LogP contribution in [0.15, 0.2) is 24.3 Å². The second-order valence-electron chi connectivity index (χ2n) is 3.96. The van der Waals surface area contributed by atoms with Gasteiger partial charge in [0.25, 0.3) is 5.91 Å². The fourth-order valence-electron chi connectivity index (χ4n) is 1.81. The van der Waals surface area contributed by atoms with E-state index in [-0.39, 0.29) is 5.91 Å². The van der Waals surface area contributed by atoms with Gasteiger partial charge in [0, 0.05) is 28.6 Å². The van der Waals surface area contributed by atoms with Crippen LogP contribution in [0.2, 0.25) is 5.02 Å². The van der Waals surface area contributed by atoms with Crippen molar-refractivity contribution in [1.29, 1.82) is 0 Å². The van der Waals surface area contributed by atoms with Crippen molar-refractivity contribution < 1.29 is 4.79 Å². The standard InChI is InChI=1S/C12H10ClN3OS/c13-8-3-1-2-7(4-8)11(17)16-12-15-9-5-14-6-10(9)18-12/h1-4,14H,5-6H2,(H,15,16,17). The third-order valence-electron chi connectivity index (χ3n) is 2.66. The van der Waals surface area contributed by atoms with Crippen molar-refractivity contribution in [2.75, 3.05) is 5.32 Å². The molecule has 0 fully saturated rings. The summed E-state index contributed by atoms with van der Waals surface area (Å²) in [5.41, 5.74) is 1.57. The Labute approximate surface area is 113 Å². The van der Waals surface area contributed by atoms with E-state index in [2.05, 4.69) is 15.6 Å². The number of nitrogens with one attached hydrogen (secondary N) is 2. The summed E-state index contributed by atoms with van der Waals surface area (Å²) in [5.74, 6) is -0.183. The number of benzene rings is 1. The minimum absolute atomic E-state index is 0.183. The van der Waals surface area contributed by atoms with Crippen LogP contribution >= 0.6 is 22.9 Å². The van der Waals surface area contributed by atoms with E-state index in [1.54, 1.807) is 24.3 Å². The number of aromatic nitrogens is 1. The molecule has 18 heavy (non-hydrogen) atoms. The molecule has 2 aromatic rings. The molecule has 0 atom stereocenters. The first-order valence-corrected chi connectivity index (χ1v) is 6.68. The Kier molecular flexibility index (Phi) is 3.03. The molecule has 4 nitrogen and oxygen atoms in total. The first-order chi connectivity index (χ1) is 8.72. The average Bonchev–Trinajstić information content (AvgIpc) is 2.89. The summed E-state index contributed by atoms with van der Waals surface area (Å²) < 4.78 is 0. The molecule has 2 N–H and O–H groups in total. The predicted octanol–water partition coefficient (Wildman–Crippen LogP) is 2.65. The maximum absolute atomic E-state index is 12.0. The Bertz CT molecular complexity index is 590. The number of anilines is 1. The van der Waals surface area contributed by atoms with Crippen LogP contribution in [-0.2, 0) is 13.1 Å². The van der Waals surface area contributed by atoms with Crippen molar-refractivity contribution in [3.63, 3.8) is 0 Å². The molecule has 2 heterocycles. The van der Waals surface area contributed by atoms with Gasteiger partial charge in [-0.2, -0.15) is 0 Å². The number of carbonyl (C=O) groups is 1. The average molecular weight is 280 g/mol. The van der Waals surface area contributed by atoms with Crippen molar-refractivity contribution in [2.45, 2.75) is 13.1 Å². The summed E-state index contributed by atoms with van der Waals surface area (Å²) in [5, 5.41) is 7.20. The Morgan fingerprint density at radius 3 is 3.11 bits per heavy atom. The van der Waals surface area contributed by atoms with E-state index >= 15 is 0 Å². The largest absolute Gasteiger partial charge is 0.306 e. The molecule has 0 aliphatic carbocycles. The highest BCUT2D eigenvalue weighted by atomic mass is 35.5. The highest BCUT2D eigenvalue weighted by molar-refractivity contribution is 7.15. The number of hydrogen-bond acceptors (Lipinski definition) is 4. The van der Waals surface area contributed by atoms with Crippen LogP contribution < -0.4 is 10.6 Å². The number of carbonyl (C=O) groups excluding carboxylic acids is 1. The second kappa shape index (κ2) is 4.68. The SMILES string of the molecule is O=C(Nc1nc2c(s1)CNC2)c1cccc(Cl)c1. The Hall–Kier alpha value is -1.43. The van der Waals surface area contributed by atoms with E-state index in [0.29, 0.717) is 15.7 Å². The molecule has 0 bridgehead atoms. The molecule has 0 unspecified atom stereocenters. The Morgan fingerprint density at radius 2 is 2.33 bits per heavy atom. The molecular formula is C12H10ClN3OS. The van der Waals surface area contributed by atoms with E-state index < -0.39 is 0 Å². The molecular weight excluding hydrogens is 270 g/mol. The van der Waals surface area contributed by atoms with E-state index in [4.69, 9.17) is 11.6 Å². The zero-order valence-electron chi connectivity index (χ0n) is 9.37. The maximum atomic E-state index is 12.0. The summed E-state index contributed by atoms with van der Waals surface area (Å²) in [6, 6.07) is 6.86. The van der Waals surface area contributed by atoms with Crippen LogP contribution in [0.4, 0.5) is 5.13 Å². The molecule has 1 aromatic carbocycles. The molecule has 6 heteroatoms. The number of amides is 1. The molecule has 0 saturated carbocycles. The lowest BCUT2D eigenvalue weighted by Crippen LogP contribution is -2.12. The summed E-state index contributed by atoms with van der Waals surface area (Å²) in [4.78, 5) is 17.5. The minimum Gasteiger partial charge on any atom is -0.306 e. The zero-order valence-corrected chi connectivity index (χ0v) is 10.9. The number of thiazole rings is 1. The number of halogens is 1. The Balaban J connectivity index is 1.78. The van der Waals surface area contributed by atoms with Gasteiger partial charge in [-0.15, -0.1) is 11.3 Å². The topological polar surface area (TPSA) is 54.0 Å². The van der Waals surface area contributed by atoms with Gasteiger partial charge in [0.05, 0.1) is 5.69 Å². The van der Waals surface area contributed by atoms with Crippen LogP contribution in [0, 0.1) is 0 Å². The molecule has 92 valence electrons. The number of nitrogens with zero attached hydrogens (tertiary/aromatic N) is 1. The maximum Gasteiger partial charge on any atom is 0.257 e. The van der Waals surface area contributed by atoms with Crippen LogP contribution in [-0.4, -0.2) is 10.9 Å². The number of fused-ring (bicyclic) bond motifs is 1. The van der Waals surface area contributed by atoms with Gasteiger partial charge in [-0.1, -0.05) is 17.7 Å². The van der Waals surface area contributed by atoms with Gasteiger partial charge < -0.3 is 5.32 Å². The smallest absolute Gasteiger partial charge is 0.257 e. The predicted molar refractivity (Wildman–Crippen MR) is 72.1 cm³/mol. The number of hydrogen-bond donors (Lipinski definition) is 2. The van der Waals surface area contributed by atoms with Gasteiger partial charge >= 0.3 is 0 Å². The molecule has 1 aliphatic rings. The molecule has 1 aliphatic heterocycles. The lowest BCUT2D eigenvalue weighted by Gasteiger charge is -2.02. The lowest BCUT2D eigenvalue weighted by molar-refractivity contribution is 0.102. The van der Waals surface area contributed by atoms with Gasteiger partial charge in [-0.05, 0) is 18.2 Å². The van der Waals surface area contributed by atoms with Crippen molar-refractivity contribution in [3.05, 3.63) is 45.4 Å². The van der Waals surface area contributed by atoms with Crippen molar-refractivity contribution in [2.24, 2.45) is 0 Å². The first-order valence-electron chi connectivity index (χ1n) is 5.48. The van der Waals surface area contributed by atoms with E-state index in [1.165, 1.54) is 16.2 Å². The second-order valence-corrected chi connectivity index (χ2v) is 5.48. The Morgan fingerprint density at radius 1 is 1.44 bits per heavy atom. The van der Waals surface area contributed by atoms with Crippen molar-refractivity contribution in [1.82, 2.24) is 10.3 Å².